The van der Waals surface area contributed by atoms with Crippen LogP contribution in [-0.2, 0) is 13.6 Å². The summed E-state index contributed by atoms with van der Waals surface area (Å²) in [6, 6.07) is 0. The van der Waals surface area contributed by atoms with E-state index < -0.39 is 0 Å². The highest BCUT2D eigenvalue weighted by Gasteiger charge is 2.00. The summed E-state index contributed by atoms with van der Waals surface area (Å²) in [6.45, 7) is 6.36. The van der Waals surface area contributed by atoms with E-state index in [1.54, 1.807) is 10.9 Å². The van der Waals surface area contributed by atoms with Gasteiger partial charge in [-0.1, -0.05) is 25.5 Å². The van der Waals surface area contributed by atoms with Gasteiger partial charge < -0.3 is 5.32 Å². The number of hydrogen-bond acceptors (Lipinski definition) is 3. The summed E-state index contributed by atoms with van der Waals surface area (Å²) < 4.78 is 1.80. The third-order valence-electron chi connectivity index (χ3n) is 2.30. The molecule has 1 aromatic rings. The lowest BCUT2D eigenvalue weighted by molar-refractivity contribution is 0.491. The monoisotopic (exact) mass is 182 g/mol. The first-order chi connectivity index (χ1) is 6.24. The van der Waals surface area contributed by atoms with E-state index in [2.05, 4.69) is 29.5 Å². The largest absolute Gasteiger partial charge is 0.311 e. The highest BCUT2D eigenvalue weighted by molar-refractivity contribution is 4.92. The minimum atomic E-state index is 0.737. The minimum Gasteiger partial charge on any atom is -0.311 e. The number of nitrogens with one attached hydrogen (secondary N) is 1. The Hall–Kier alpha value is -0.900. The zero-order chi connectivity index (χ0) is 9.68. The fraction of sp³-hybridized carbons (Fsp3) is 0.778. The lowest BCUT2D eigenvalue weighted by atomic mass is 10.1. The molecular formula is C9H18N4. The maximum atomic E-state index is 3.86. The smallest absolute Gasteiger partial charge is 0.0738 e. The van der Waals surface area contributed by atoms with Gasteiger partial charge in [0.2, 0.25) is 0 Å². The Balaban J connectivity index is 2.24. The van der Waals surface area contributed by atoms with Crippen molar-refractivity contribution in [2.45, 2.75) is 26.8 Å². The summed E-state index contributed by atoms with van der Waals surface area (Å²) in [7, 11) is 1.91. The molecule has 0 bridgehead atoms. The van der Waals surface area contributed by atoms with Crippen LogP contribution in [0, 0.1) is 5.92 Å². The Bertz CT molecular complexity index is 244. The second-order valence-electron chi connectivity index (χ2n) is 3.49. The number of nitrogens with zero attached hydrogens (tertiary/aromatic N) is 3. The number of hydrogen-bond donors (Lipinski definition) is 1. The molecule has 1 heterocycles. The van der Waals surface area contributed by atoms with Gasteiger partial charge in [0.05, 0.1) is 11.9 Å². The van der Waals surface area contributed by atoms with E-state index in [-0.39, 0.29) is 0 Å². The van der Waals surface area contributed by atoms with Gasteiger partial charge in [-0.25, -0.2) is 0 Å². The molecule has 4 heteroatoms. The van der Waals surface area contributed by atoms with E-state index in [1.165, 1.54) is 6.42 Å². The Morgan fingerprint density at radius 3 is 2.92 bits per heavy atom. The van der Waals surface area contributed by atoms with Gasteiger partial charge in [-0.15, -0.1) is 5.10 Å². The van der Waals surface area contributed by atoms with Crippen LogP contribution in [0.2, 0.25) is 0 Å². The van der Waals surface area contributed by atoms with Crippen molar-refractivity contribution in [3.8, 4) is 0 Å². The van der Waals surface area contributed by atoms with Gasteiger partial charge in [-0.05, 0) is 12.5 Å². The average Bonchev–Trinajstić information content (AvgIpc) is 2.52. The zero-order valence-electron chi connectivity index (χ0n) is 8.62. The van der Waals surface area contributed by atoms with Gasteiger partial charge in [-0.2, -0.15) is 0 Å². The summed E-state index contributed by atoms with van der Waals surface area (Å²) in [5, 5.41) is 11.1. The van der Waals surface area contributed by atoms with Crippen LogP contribution >= 0.6 is 0 Å². The summed E-state index contributed by atoms with van der Waals surface area (Å²) in [6.07, 6.45) is 3.01. The summed E-state index contributed by atoms with van der Waals surface area (Å²) in [5.41, 5.74) is 1.13. The van der Waals surface area contributed by atoms with Gasteiger partial charge in [0, 0.05) is 13.6 Å². The maximum absolute atomic E-state index is 3.86. The topological polar surface area (TPSA) is 42.7 Å². The quantitative estimate of drug-likeness (QED) is 0.737. The molecule has 0 radical (unpaired) electrons. The highest BCUT2D eigenvalue weighted by Crippen LogP contribution is 1.98. The van der Waals surface area contributed by atoms with E-state index in [1.807, 2.05) is 7.05 Å². The van der Waals surface area contributed by atoms with Gasteiger partial charge in [0.25, 0.3) is 0 Å². The summed E-state index contributed by atoms with van der Waals surface area (Å²) in [5.74, 6) is 0.737. The van der Waals surface area contributed by atoms with Crippen LogP contribution in [-0.4, -0.2) is 21.5 Å². The first kappa shape index (κ1) is 10.2. The first-order valence-electron chi connectivity index (χ1n) is 4.78. The molecular weight excluding hydrogens is 164 g/mol. The van der Waals surface area contributed by atoms with Crippen molar-refractivity contribution in [2.24, 2.45) is 13.0 Å². The van der Waals surface area contributed by atoms with Crippen LogP contribution in [0.4, 0.5) is 0 Å². The van der Waals surface area contributed by atoms with Gasteiger partial charge in [0.15, 0.2) is 0 Å². The molecule has 0 saturated carbocycles. The van der Waals surface area contributed by atoms with Gasteiger partial charge in [-0.3, -0.25) is 4.68 Å². The first-order valence-corrected chi connectivity index (χ1v) is 4.78. The van der Waals surface area contributed by atoms with Crippen molar-refractivity contribution in [3.05, 3.63) is 11.9 Å². The molecule has 0 aliphatic carbocycles. The molecule has 0 aliphatic heterocycles. The second-order valence-corrected chi connectivity index (χ2v) is 3.49. The SMILES string of the molecule is CCC(C)CNCc1cnnn1C. The lowest BCUT2D eigenvalue weighted by Crippen LogP contribution is -2.21. The molecule has 0 amide bonds. The van der Waals surface area contributed by atoms with Crippen molar-refractivity contribution in [1.29, 1.82) is 0 Å². The van der Waals surface area contributed by atoms with Crippen molar-refractivity contribution in [1.82, 2.24) is 20.3 Å². The van der Waals surface area contributed by atoms with Crippen LogP contribution in [0.3, 0.4) is 0 Å². The maximum Gasteiger partial charge on any atom is 0.0738 e. The van der Waals surface area contributed by atoms with Crippen LogP contribution in [0.5, 0.6) is 0 Å². The Morgan fingerprint density at radius 2 is 2.38 bits per heavy atom. The average molecular weight is 182 g/mol. The van der Waals surface area contributed by atoms with E-state index in [0.29, 0.717) is 0 Å². The second kappa shape index (κ2) is 4.97. The van der Waals surface area contributed by atoms with E-state index in [0.717, 1.165) is 24.7 Å². The van der Waals surface area contributed by atoms with Crippen LogP contribution in [0.1, 0.15) is 26.0 Å². The molecule has 74 valence electrons. The number of aromatic nitrogens is 3. The summed E-state index contributed by atoms with van der Waals surface area (Å²) in [4.78, 5) is 0. The van der Waals surface area contributed by atoms with Crippen LogP contribution in [0.25, 0.3) is 0 Å². The molecule has 1 atom stereocenters. The zero-order valence-corrected chi connectivity index (χ0v) is 8.62. The predicted molar refractivity (Wildman–Crippen MR) is 52.2 cm³/mol. The van der Waals surface area contributed by atoms with Crippen molar-refractivity contribution < 1.29 is 0 Å². The molecule has 0 aliphatic rings. The molecule has 0 aromatic carbocycles. The summed E-state index contributed by atoms with van der Waals surface area (Å²) >= 11 is 0. The molecule has 1 rings (SSSR count). The Morgan fingerprint density at radius 1 is 1.62 bits per heavy atom. The fourth-order valence-corrected chi connectivity index (χ4v) is 1.06. The molecule has 13 heavy (non-hydrogen) atoms. The van der Waals surface area contributed by atoms with Crippen LogP contribution < -0.4 is 5.32 Å². The van der Waals surface area contributed by atoms with Crippen LogP contribution in [0.15, 0.2) is 6.20 Å². The molecule has 0 spiro atoms. The van der Waals surface area contributed by atoms with Crippen molar-refractivity contribution in [3.63, 3.8) is 0 Å². The van der Waals surface area contributed by atoms with Gasteiger partial charge in [0.1, 0.15) is 0 Å². The predicted octanol–water partition coefficient (Wildman–Crippen LogP) is 0.951. The molecule has 0 fully saturated rings. The third-order valence-corrected chi connectivity index (χ3v) is 2.30. The van der Waals surface area contributed by atoms with Crippen molar-refractivity contribution >= 4 is 0 Å². The van der Waals surface area contributed by atoms with E-state index in [4.69, 9.17) is 0 Å². The number of rotatable bonds is 5. The van der Waals surface area contributed by atoms with Crippen molar-refractivity contribution in [2.75, 3.05) is 6.54 Å². The molecule has 1 N–H and O–H groups in total. The Kier molecular flexibility index (Phi) is 3.89. The number of aryl methyl sites for hydroxylation is 1. The minimum absolute atomic E-state index is 0.737. The standard InChI is InChI=1S/C9H18N4/c1-4-8(2)5-10-6-9-7-11-12-13(9)3/h7-8,10H,4-6H2,1-3H3. The molecule has 4 nitrogen and oxygen atoms in total. The van der Waals surface area contributed by atoms with E-state index in [9.17, 15) is 0 Å². The fourth-order valence-electron chi connectivity index (χ4n) is 1.06. The van der Waals surface area contributed by atoms with E-state index >= 15 is 0 Å². The van der Waals surface area contributed by atoms with Gasteiger partial charge >= 0.3 is 0 Å². The normalized spacial score (nSPS) is 13.2. The third kappa shape index (κ3) is 3.14. The Labute approximate surface area is 79.3 Å². The molecule has 1 unspecified atom stereocenters. The lowest BCUT2D eigenvalue weighted by Gasteiger charge is -2.09. The highest BCUT2D eigenvalue weighted by atomic mass is 15.4. The molecule has 0 saturated heterocycles. The molecule has 1 aromatic heterocycles.